The minimum absolute atomic E-state index is 0.904. The first-order valence-electron chi connectivity index (χ1n) is 4.36. The van der Waals surface area contributed by atoms with E-state index in [4.69, 9.17) is 0 Å². The van der Waals surface area contributed by atoms with E-state index in [9.17, 15) is 0 Å². The average Bonchev–Trinajstić information content (AvgIpc) is 2.34. The van der Waals surface area contributed by atoms with E-state index in [0.717, 1.165) is 10.9 Å². The number of nitrogens with zero attached hydrogens (tertiary/aromatic N) is 2. The third-order valence-electron chi connectivity index (χ3n) is 1.52. The van der Waals surface area contributed by atoms with Crippen molar-refractivity contribution in [3.05, 3.63) is 30.1 Å². The molecular formula is C11H15N3S. The molecule has 0 amide bonds. The van der Waals surface area contributed by atoms with Gasteiger partial charge in [-0.05, 0) is 11.6 Å². The summed E-state index contributed by atoms with van der Waals surface area (Å²) in [5, 5.41) is 3.96. The maximum atomic E-state index is 4.07. The van der Waals surface area contributed by atoms with Crippen LogP contribution < -0.4 is 5.32 Å². The predicted octanol–water partition coefficient (Wildman–Crippen LogP) is 1.77. The summed E-state index contributed by atoms with van der Waals surface area (Å²) in [4.78, 5) is 8.11. The summed E-state index contributed by atoms with van der Waals surface area (Å²) in [6, 6.07) is 4.00. The highest BCUT2D eigenvalue weighted by atomic mass is 32.2. The summed E-state index contributed by atoms with van der Waals surface area (Å²) in [5.74, 6) is 0.904. The lowest BCUT2D eigenvalue weighted by molar-refractivity contribution is 1.18. The maximum Gasteiger partial charge on any atom is 0.156 e. The van der Waals surface area contributed by atoms with Crippen LogP contribution >= 0.6 is 11.8 Å². The third-order valence-corrected chi connectivity index (χ3v) is 2.65. The van der Waals surface area contributed by atoms with Crippen molar-refractivity contribution in [2.24, 2.45) is 4.99 Å². The predicted molar refractivity (Wildman–Crippen MR) is 67.8 cm³/mol. The molecule has 15 heavy (non-hydrogen) atoms. The smallest absolute Gasteiger partial charge is 0.156 e. The fourth-order valence-electron chi connectivity index (χ4n) is 0.884. The molecule has 80 valence electrons. The molecule has 0 aliphatic carbocycles. The molecule has 0 saturated heterocycles. The highest BCUT2D eigenvalue weighted by Crippen LogP contribution is 2.10. The third kappa shape index (κ3) is 5.76. The number of aromatic nitrogens is 1. The molecule has 0 aliphatic heterocycles. The fraction of sp³-hybridized carbons (Fsp3) is 0.273. The normalized spacial score (nSPS) is 10.0. The first kappa shape index (κ1) is 13.5. The van der Waals surface area contributed by atoms with E-state index in [1.165, 1.54) is 5.56 Å². The van der Waals surface area contributed by atoms with Gasteiger partial charge in [0.15, 0.2) is 5.17 Å². The van der Waals surface area contributed by atoms with Gasteiger partial charge in [0.2, 0.25) is 0 Å². The van der Waals surface area contributed by atoms with Gasteiger partial charge in [-0.1, -0.05) is 17.8 Å². The second-order valence-electron chi connectivity index (χ2n) is 2.43. The number of rotatable bonds is 2. The van der Waals surface area contributed by atoms with Crippen molar-refractivity contribution in [3.63, 3.8) is 0 Å². The van der Waals surface area contributed by atoms with Crippen molar-refractivity contribution < 1.29 is 0 Å². The number of pyridine rings is 1. The number of amidine groups is 1. The monoisotopic (exact) mass is 221 g/mol. The highest BCUT2D eigenvalue weighted by Gasteiger charge is 1.96. The van der Waals surface area contributed by atoms with Crippen LogP contribution in [0.1, 0.15) is 5.56 Å². The Morgan fingerprint density at radius 3 is 2.80 bits per heavy atom. The van der Waals surface area contributed by atoms with Crippen molar-refractivity contribution in [2.45, 2.75) is 5.75 Å². The highest BCUT2D eigenvalue weighted by molar-refractivity contribution is 8.13. The second kappa shape index (κ2) is 9.10. The van der Waals surface area contributed by atoms with Crippen molar-refractivity contribution in [2.75, 3.05) is 14.1 Å². The van der Waals surface area contributed by atoms with Gasteiger partial charge in [0.05, 0.1) is 0 Å². The minimum atomic E-state index is 0.904. The Morgan fingerprint density at radius 2 is 2.33 bits per heavy atom. The van der Waals surface area contributed by atoms with Crippen LogP contribution in [-0.4, -0.2) is 24.2 Å². The lowest BCUT2D eigenvalue weighted by Crippen LogP contribution is -2.13. The molecule has 0 aromatic carbocycles. The van der Waals surface area contributed by atoms with Crippen LogP contribution in [0, 0.1) is 12.8 Å². The molecule has 0 atom stereocenters. The standard InChI is InChI=1S/C9H13N3S.C2H2/c1-10-9(11-2)13-7-8-4-3-5-12-6-8;1-2/h3-6H,7H2,1-2H3,(H,10,11);1-2H. The Balaban J connectivity index is 0.000000921. The van der Waals surface area contributed by atoms with E-state index >= 15 is 0 Å². The number of hydrogen-bond acceptors (Lipinski definition) is 3. The molecule has 1 rings (SSSR count). The van der Waals surface area contributed by atoms with Crippen molar-refractivity contribution in [1.29, 1.82) is 0 Å². The molecule has 1 aromatic heterocycles. The molecule has 1 aromatic rings. The summed E-state index contributed by atoms with van der Waals surface area (Å²) >= 11 is 1.67. The average molecular weight is 221 g/mol. The van der Waals surface area contributed by atoms with Gasteiger partial charge in [-0.25, -0.2) is 0 Å². The van der Waals surface area contributed by atoms with E-state index in [-0.39, 0.29) is 0 Å². The first-order valence-corrected chi connectivity index (χ1v) is 5.35. The van der Waals surface area contributed by atoms with Crippen LogP contribution in [0.15, 0.2) is 29.5 Å². The Hall–Kier alpha value is -1.47. The Bertz CT molecular complexity index is 306. The minimum Gasteiger partial charge on any atom is -0.368 e. The molecule has 0 radical (unpaired) electrons. The maximum absolute atomic E-state index is 4.07. The van der Waals surface area contributed by atoms with Crippen LogP contribution in [-0.2, 0) is 5.75 Å². The van der Waals surface area contributed by atoms with E-state index in [1.807, 2.05) is 19.3 Å². The molecule has 0 bridgehead atoms. The van der Waals surface area contributed by atoms with Crippen LogP contribution in [0.5, 0.6) is 0 Å². The van der Waals surface area contributed by atoms with E-state index in [1.54, 1.807) is 25.0 Å². The molecule has 3 nitrogen and oxygen atoms in total. The van der Waals surface area contributed by atoms with Crippen LogP contribution in [0.2, 0.25) is 0 Å². The lowest BCUT2D eigenvalue weighted by atomic mass is 10.3. The van der Waals surface area contributed by atoms with Gasteiger partial charge in [0, 0.05) is 32.2 Å². The second-order valence-corrected chi connectivity index (χ2v) is 3.39. The van der Waals surface area contributed by atoms with Crippen LogP contribution in [0.25, 0.3) is 0 Å². The van der Waals surface area contributed by atoms with Crippen molar-refractivity contribution in [1.82, 2.24) is 10.3 Å². The molecule has 0 unspecified atom stereocenters. The van der Waals surface area contributed by atoms with Crippen LogP contribution in [0.3, 0.4) is 0 Å². The zero-order valence-corrected chi connectivity index (χ0v) is 9.79. The molecule has 0 spiro atoms. The molecule has 0 saturated carbocycles. The molecule has 1 N–H and O–H groups in total. The topological polar surface area (TPSA) is 37.3 Å². The fourth-order valence-corrected chi connectivity index (χ4v) is 1.63. The molecule has 1 heterocycles. The first-order chi connectivity index (χ1) is 7.36. The van der Waals surface area contributed by atoms with Gasteiger partial charge in [-0.3, -0.25) is 9.98 Å². The quantitative estimate of drug-likeness (QED) is 0.470. The number of nitrogens with one attached hydrogen (secondary N) is 1. The zero-order chi connectivity index (χ0) is 11.5. The Labute approximate surface area is 95.4 Å². The van der Waals surface area contributed by atoms with Crippen LogP contribution in [0.4, 0.5) is 0 Å². The van der Waals surface area contributed by atoms with Gasteiger partial charge in [0.1, 0.15) is 0 Å². The number of hydrogen-bond donors (Lipinski definition) is 1. The Kier molecular flexibility index (Phi) is 8.21. The molecule has 0 aliphatic rings. The van der Waals surface area contributed by atoms with Gasteiger partial charge >= 0.3 is 0 Å². The summed E-state index contributed by atoms with van der Waals surface area (Å²) in [5.41, 5.74) is 1.21. The summed E-state index contributed by atoms with van der Waals surface area (Å²) in [7, 11) is 3.65. The summed E-state index contributed by atoms with van der Waals surface area (Å²) < 4.78 is 0. The van der Waals surface area contributed by atoms with Gasteiger partial charge in [-0.15, -0.1) is 12.8 Å². The van der Waals surface area contributed by atoms with Crippen molar-refractivity contribution >= 4 is 16.9 Å². The lowest BCUT2D eigenvalue weighted by Gasteiger charge is -2.03. The Morgan fingerprint density at radius 1 is 1.60 bits per heavy atom. The zero-order valence-electron chi connectivity index (χ0n) is 8.97. The van der Waals surface area contributed by atoms with Crippen molar-refractivity contribution in [3.8, 4) is 12.8 Å². The summed E-state index contributed by atoms with van der Waals surface area (Å²) in [6.07, 6.45) is 11.6. The van der Waals surface area contributed by atoms with E-state index in [0.29, 0.717) is 0 Å². The van der Waals surface area contributed by atoms with E-state index < -0.39 is 0 Å². The molecular weight excluding hydrogens is 206 g/mol. The number of terminal acetylenes is 1. The van der Waals surface area contributed by atoms with Gasteiger partial charge in [-0.2, -0.15) is 0 Å². The van der Waals surface area contributed by atoms with E-state index in [2.05, 4.69) is 34.2 Å². The largest absolute Gasteiger partial charge is 0.368 e. The summed E-state index contributed by atoms with van der Waals surface area (Å²) in [6.45, 7) is 0. The number of aliphatic imine (C=N–C) groups is 1. The van der Waals surface area contributed by atoms with Gasteiger partial charge in [0.25, 0.3) is 0 Å². The molecule has 0 fully saturated rings. The van der Waals surface area contributed by atoms with Gasteiger partial charge < -0.3 is 5.32 Å². The number of thioether (sulfide) groups is 1. The SMILES string of the molecule is C#C.CN=C(NC)SCc1cccnc1. The molecule has 4 heteroatoms.